The highest BCUT2D eigenvalue weighted by molar-refractivity contribution is 5.77. The third-order valence-electron chi connectivity index (χ3n) is 1.92. The zero-order valence-electron chi connectivity index (χ0n) is 8.07. The minimum absolute atomic E-state index is 0.275. The molecule has 0 radical (unpaired) electrons. The summed E-state index contributed by atoms with van der Waals surface area (Å²) in [6.45, 7) is 4.99. The maximum atomic E-state index is 9.11. The van der Waals surface area contributed by atoms with E-state index < -0.39 is 0 Å². The molecule has 5 heteroatoms. The van der Waals surface area contributed by atoms with Crippen LogP contribution in [0.3, 0.4) is 0 Å². The molecule has 0 aromatic rings. The molecular weight excluding hydrogens is 168 g/mol. The molecule has 0 saturated carbocycles. The van der Waals surface area contributed by atoms with Crippen LogP contribution < -0.4 is 11.2 Å². The molecule has 0 aromatic carbocycles. The van der Waals surface area contributed by atoms with Gasteiger partial charge in [0.15, 0.2) is 6.20 Å². The zero-order valence-corrected chi connectivity index (χ0v) is 8.07. The van der Waals surface area contributed by atoms with Crippen molar-refractivity contribution >= 4 is 6.21 Å². The van der Waals surface area contributed by atoms with Gasteiger partial charge in [-0.05, 0) is 13.8 Å². The first-order valence-electron chi connectivity index (χ1n) is 4.43. The van der Waals surface area contributed by atoms with Gasteiger partial charge in [0.2, 0.25) is 0 Å². The molecule has 2 atom stereocenters. The van der Waals surface area contributed by atoms with Crippen LogP contribution in [0, 0.1) is 0 Å². The highest BCUT2D eigenvalue weighted by atomic mass is 16.3. The fraction of sp³-hybridized carbons (Fsp3) is 0.625. The van der Waals surface area contributed by atoms with E-state index in [1.807, 2.05) is 13.1 Å². The standard InChI is InChI=1S/C8H17N4O/c1-3-12(10-4-7(2)13)6-8(9)5-11-12/h5-7,10,13H,3-4,9H2,1-2H3/q+1. The zero-order chi connectivity index (χ0) is 9.90. The number of allylic oxidation sites excluding steroid dienone is 1. The normalized spacial score (nSPS) is 29.0. The first-order chi connectivity index (χ1) is 6.08. The van der Waals surface area contributed by atoms with Gasteiger partial charge in [0.1, 0.15) is 18.5 Å². The monoisotopic (exact) mass is 185 g/mol. The molecule has 0 spiro atoms. The number of hydrogen-bond acceptors (Lipinski definition) is 4. The molecule has 2 unspecified atom stereocenters. The molecule has 1 heterocycles. The van der Waals surface area contributed by atoms with E-state index in [4.69, 9.17) is 10.8 Å². The van der Waals surface area contributed by atoms with E-state index in [0.717, 1.165) is 6.54 Å². The quantitative estimate of drug-likeness (QED) is 0.517. The summed E-state index contributed by atoms with van der Waals surface area (Å²) in [7, 11) is 0. The molecule has 4 N–H and O–H groups in total. The van der Waals surface area contributed by atoms with Crippen LogP contribution in [0.2, 0.25) is 0 Å². The molecule has 0 amide bonds. The summed E-state index contributed by atoms with van der Waals surface area (Å²) >= 11 is 0. The lowest BCUT2D eigenvalue weighted by molar-refractivity contribution is -0.926. The van der Waals surface area contributed by atoms with Crippen molar-refractivity contribution in [3.8, 4) is 0 Å². The van der Waals surface area contributed by atoms with E-state index in [1.54, 1.807) is 13.1 Å². The molecule has 1 aliphatic heterocycles. The summed E-state index contributed by atoms with van der Waals surface area (Å²) in [5, 5.41) is 13.3. The van der Waals surface area contributed by atoms with Crippen LogP contribution in [-0.2, 0) is 0 Å². The number of aliphatic hydroxyl groups is 1. The van der Waals surface area contributed by atoms with Crippen molar-refractivity contribution in [3.05, 3.63) is 11.9 Å². The number of rotatable bonds is 4. The van der Waals surface area contributed by atoms with E-state index in [0.29, 0.717) is 12.2 Å². The molecule has 0 bridgehead atoms. The summed E-state index contributed by atoms with van der Waals surface area (Å²) < 4.78 is 0.275. The number of quaternary nitrogens is 1. The lowest BCUT2D eigenvalue weighted by atomic mass is 10.4. The van der Waals surface area contributed by atoms with Crippen LogP contribution >= 0.6 is 0 Å². The van der Waals surface area contributed by atoms with Crippen molar-refractivity contribution < 1.29 is 9.81 Å². The van der Waals surface area contributed by atoms with Gasteiger partial charge in [0.05, 0.1) is 12.6 Å². The Morgan fingerprint density at radius 3 is 2.85 bits per heavy atom. The number of nitrogens with one attached hydrogen (secondary N) is 1. The number of aliphatic hydroxyl groups excluding tert-OH is 1. The molecular formula is C8H17N4O+. The van der Waals surface area contributed by atoms with Crippen molar-refractivity contribution in [1.82, 2.24) is 5.43 Å². The maximum Gasteiger partial charge on any atom is 0.167 e. The van der Waals surface area contributed by atoms with Crippen LogP contribution in [-0.4, -0.2) is 35.2 Å². The van der Waals surface area contributed by atoms with E-state index in [1.165, 1.54) is 0 Å². The van der Waals surface area contributed by atoms with Crippen molar-refractivity contribution in [3.63, 3.8) is 0 Å². The summed E-state index contributed by atoms with van der Waals surface area (Å²) in [6.07, 6.45) is 3.06. The Kier molecular flexibility index (Phi) is 3.02. The van der Waals surface area contributed by atoms with E-state index in [-0.39, 0.29) is 10.8 Å². The van der Waals surface area contributed by atoms with Gasteiger partial charge in [-0.15, -0.1) is 5.43 Å². The molecule has 0 aromatic heterocycles. The molecule has 0 saturated heterocycles. The molecule has 5 nitrogen and oxygen atoms in total. The third-order valence-corrected chi connectivity index (χ3v) is 1.92. The van der Waals surface area contributed by atoms with Gasteiger partial charge in [-0.3, -0.25) is 0 Å². The topological polar surface area (TPSA) is 70.6 Å². The highest BCUT2D eigenvalue weighted by Gasteiger charge is 2.27. The summed E-state index contributed by atoms with van der Waals surface area (Å²) in [4.78, 5) is 0. The largest absolute Gasteiger partial charge is 0.393 e. The van der Waals surface area contributed by atoms with Crippen molar-refractivity contribution in [1.29, 1.82) is 0 Å². The Morgan fingerprint density at radius 1 is 1.77 bits per heavy atom. The van der Waals surface area contributed by atoms with E-state index in [9.17, 15) is 0 Å². The van der Waals surface area contributed by atoms with Crippen LogP contribution in [0.25, 0.3) is 0 Å². The van der Waals surface area contributed by atoms with Crippen molar-refractivity contribution in [2.45, 2.75) is 20.0 Å². The molecule has 0 fully saturated rings. The number of hydrogen-bond donors (Lipinski definition) is 3. The Labute approximate surface area is 78.1 Å². The van der Waals surface area contributed by atoms with Crippen LogP contribution in [0.15, 0.2) is 17.0 Å². The lowest BCUT2D eigenvalue weighted by Crippen LogP contribution is -2.50. The first kappa shape index (κ1) is 10.2. The van der Waals surface area contributed by atoms with Gasteiger partial charge >= 0.3 is 0 Å². The number of nitrogens with two attached hydrogens (primary N) is 1. The van der Waals surface area contributed by atoms with Gasteiger partial charge in [-0.25, -0.2) is 0 Å². The molecule has 1 aliphatic rings. The van der Waals surface area contributed by atoms with Gasteiger partial charge < -0.3 is 10.8 Å². The van der Waals surface area contributed by atoms with E-state index in [2.05, 4.69) is 10.5 Å². The molecule has 0 aliphatic carbocycles. The first-order valence-corrected chi connectivity index (χ1v) is 4.43. The van der Waals surface area contributed by atoms with Gasteiger partial charge in [-0.2, -0.15) is 0 Å². The molecule has 13 heavy (non-hydrogen) atoms. The SMILES string of the molecule is CC[N+]1(NCC(C)O)C=C(N)C=N1. The predicted octanol–water partition coefficient (Wildman–Crippen LogP) is -0.492. The fourth-order valence-corrected chi connectivity index (χ4v) is 1.14. The predicted molar refractivity (Wildman–Crippen MR) is 51.2 cm³/mol. The summed E-state index contributed by atoms with van der Waals surface area (Å²) in [6, 6.07) is 0. The number of nitrogens with zero attached hydrogens (tertiary/aromatic N) is 2. The Hall–Kier alpha value is -0.910. The van der Waals surface area contributed by atoms with Gasteiger partial charge in [0, 0.05) is 0 Å². The van der Waals surface area contributed by atoms with Crippen LogP contribution in [0.4, 0.5) is 0 Å². The second-order valence-corrected chi connectivity index (χ2v) is 3.23. The second-order valence-electron chi connectivity index (χ2n) is 3.23. The smallest absolute Gasteiger partial charge is 0.167 e. The lowest BCUT2D eigenvalue weighted by Gasteiger charge is -2.24. The Balaban J connectivity index is 2.58. The average molecular weight is 185 g/mol. The Bertz CT molecular complexity index is 236. The van der Waals surface area contributed by atoms with Gasteiger partial charge in [0.25, 0.3) is 0 Å². The molecule has 74 valence electrons. The Morgan fingerprint density at radius 2 is 2.46 bits per heavy atom. The van der Waals surface area contributed by atoms with Gasteiger partial charge in [-0.1, -0.05) is 9.80 Å². The van der Waals surface area contributed by atoms with Crippen molar-refractivity contribution in [2.75, 3.05) is 13.1 Å². The van der Waals surface area contributed by atoms with Crippen LogP contribution in [0.5, 0.6) is 0 Å². The highest BCUT2D eigenvalue weighted by Crippen LogP contribution is 2.11. The minimum Gasteiger partial charge on any atom is -0.393 e. The summed E-state index contributed by atoms with van der Waals surface area (Å²) in [5.41, 5.74) is 9.35. The van der Waals surface area contributed by atoms with Crippen LogP contribution in [0.1, 0.15) is 13.8 Å². The fourth-order valence-electron chi connectivity index (χ4n) is 1.14. The summed E-state index contributed by atoms with van der Waals surface area (Å²) in [5.74, 6) is 0. The second kappa shape index (κ2) is 3.87. The third kappa shape index (κ3) is 2.51. The average Bonchev–Trinajstić information content (AvgIpc) is 2.45. The maximum absolute atomic E-state index is 9.11. The minimum atomic E-state index is -0.382. The van der Waals surface area contributed by atoms with Crippen molar-refractivity contribution in [2.24, 2.45) is 10.8 Å². The van der Waals surface area contributed by atoms with E-state index >= 15 is 0 Å². The molecule has 1 rings (SSSR count).